The zero-order chi connectivity index (χ0) is 16.7. The van der Waals surface area contributed by atoms with Crippen molar-refractivity contribution < 1.29 is 0 Å². The van der Waals surface area contributed by atoms with E-state index in [1.54, 1.807) is 17.9 Å². The average Bonchev–Trinajstić information content (AvgIpc) is 3.16. The number of nitrogens with zero attached hydrogens (tertiary/aromatic N) is 4. The fraction of sp³-hybridized carbons (Fsp3) is 0.353. The summed E-state index contributed by atoms with van der Waals surface area (Å²) >= 11 is 6.37. The molecule has 1 atom stereocenters. The van der Waals surface area contributed by atoms with Crippen molar-refractivity contribution >= 4 is 22.6 Å². The van der Waals surface area contributed by atoms with Gasteiger partial charge in [0.05, 0.1) is 12.7 Å². The van der Waals surface area contributed by atoms with Crippen LogP contribution >= 0.6 is 11.6 Å². The van der Waals surface area contributed by atoms with E-state index in [1.807, 2.05) is 18.2 Å². The van der Waals surface area contributed by atoms with Crippen molar-refractivity contribution in [2.45, 2.75) is 25.4 Å². The molecular weight excluding hydrogens is 326 g/mol. The molecule has 0 bridgehead atoms. The van der Waals surface area contributed by atoms with Gasteiger partial charge < -0.3 is 4.98 Å². The number of benzene rings is 1. The van der Waals surface area contributed by atoms with Crippen molar-refractivity contribution in [3.05, 3.63) is 57.2 Å². The minimum atomic E-state index is -0.142. The van der Waals surface area contributed by atoms with Crippen LogP contribution in [0.25, 0.3) is 11.0 Å². The Labute approximate surface area is 144 Å². The molecular formula is C17H18ClN5O. The van der Waals surface area contributed by atoms with Gasteiger partial charge in [0, 0.05) is 18.1 Å². The van der Waals surface area contributed by atoms with Crippen LogP contribution in [0.2, 0.25) is 5.02 Å². The Bertz CT molecular complexity index is 948. The fourth-order valence-electron chi connectivity index (χ4n) is 3.46. The Kier molecular flexibility index (Phi) is 3.86. The first-order valence-electron chi connectivity index (χ1n) is 8.03. The van der Waals surface area contributed by atoms with Crippen LogP contribution in [-0.4, -0.2) is 31.2 Å². The molecule has 124 valence electrons. The molecule has 0 spiro atoms. The Morgan fingerprint density at radius 2 is 2.21 bits per heavy atom. The molecule has 3 heterocycles. The lowest BCUT2D eigenvalue weighted by atomic mass is 10.0. The largest absolute Gasteiger partial charge is 0.309 e. The van der Waals surface area contributed by atoms with Gasteiger partial charge in [-0.25, -0.2) is 4.98 Å². The summed E-state index contributed by atoms with van der Waals surface area (Å²) < 4.78 is 1.63. The van der Waals surface area contributed by atoms with Crippen LogP contribution in [-0.2, 0) is 13.6 Å². The maximum absolute atomic E-state index is 12.2. The summed E-state index contributed by atoms with van der Waals surface area (Å²) in [6.45, 7) is 1.55. The standard InChI is InChI=1S/C17H18ClN5O/c1-22-16-12(9-19-22)17(24)21-15(20-16)10-23-8-4-7-14(23)11-5-2-3-6-13(11)18/h2-3,5-6,9,14H,4,7-8,10H2,1H3,(H,20,21,24)/t14-/m0/s1. The minimum Gasteiger partial charge on any atom is -0.309 e. The monoisotopic (exact) mass is 343 g/mol. The van der Waals surface area contributed by atoms with Crippen LogP contribution in [0.4, 0.5) is 0 Å². The van der Waals surface area contributed by atoms with E-state index >= 15 is 0 Å². The predicted molar refractivity (Wildman–Crippen MR) is 93.0 cm³/mol. The quantitative estimate of drug-likeness (QED) is 0.794. The van der Waals surface area contributed by atoms with Crippen molar-refractivity contribution in [1.29, 1.82) is 0 Å². The van der Waals surface area contributed by atoms with Gasteiger partial charge in [-0.3, -0.25) is 14.4 Å². The molecule has 0 aliphatic carbocycles. The third kappa shape index (κ3) is 2.61. The van der Waals surface area contributed by atoms with Gasteiger partial charge in [-0.15, -0.1) is 0 Å². The molecule has 1 fully saturated rings. The first kappa shape index (κ1) is 15.4. The third-order valence-electron chi connectivity index (χ3n) is 4.63. The Balaban J connectivity index is 1.66. The van der Waals surface area contributed by atoms with E-state index in [1.165, 1.54) is 0 Å². The molecule has 1 aromatic carbocycles. The van der Waals surface area contributed by atoms with E-state index in [9.17, 15) is 4.79 Å². The van der Waals surface area contributed by atoms with Gasteiger partial charge in [-0.05, 0) is 31.0 Å². The highest BCUT2D eigenvalue weighted by atomic mass is 35.5. The second kappa shape index (κ2) is 6.03. The van der Waals surface area contributed by atoms with Gasteiger partial charge in [0.2, 0.25) is 0 Å². The number of hydrogen-bond acceptors (Lipinski definition) is 4. The Hall–Kier alpha value is -2.18. The molecule has 0 amide bonds. The third-order valence-corrected chi connectivity index (χ3v) is 4.98. The molecule has 0 radical (unpaired) electrons. The summed E-state index contributed by atoms with van der Waals surface area (Å²) in [5.41, 5.74) is 1.61. The highest BCUT2D eigenvalue weighted by Crippen LogP contribution is 2.36. The molecule has 1 aliphatic rings. The number of H-pyrrole nitrogens is 1. The number of aromatic amines is 1. The molecule has 3 aromatic rings. The Morgan fingerprint density at radius 1 is 1.38 bits per heavy atom. The molecule has 24 heavy (non-hydrogen) atoms. The normalized spacial score (nSPS) is 18.5. The number of aryl methyl sites for hydroxylation is 1. The van der Waals surface area contributed by atoms with Crippen molar-refractivity contribution in [2.24, 2.45) is 7.05 Å². The van der Waals surface area contributed by atoms with Crippen molar-refractivity contribution in [3.63, 3.8) is 0 Å². The van der Waals surface area contributed by atoms with Gasteiger partial charge >= 0.3 is 0 Å². The van der Waals surface area contributed by atoms with Crippen molar-refractivity contribution in [3.8, 4) is 0 Å². The molecule has 2 aromatic heterocycles. The fourth-order valence-corrected chi connectivity index (χ4v) is 3.72. The van der Waals surface area contributed by atoms with Crippen LogP contribution in [0.5, 0.6) is 0 Å². The van der Waals surface area contributed by atoms with Gasteiger partial charge in [0.15, 0.2) is 5.65 Å². The molecule has 0 saturated carbocycles. The Morgan fingerprint density at radius 3 is 3.04 bits per heavy atom. The number of fused-ring (bicyclic) bond motifs is 1. The van der Waals surface area contributed by atoms with E-state index in [4.69, 9.17) is 11.6 Å². The molecule has 4 rings (SSSR count). The summed E-state index contributed by atoms with van der Waals surface area (Å²) in [5, 5.41) is 5.42. The van der Waals surface area contributed by atoms with Gasteiger partial charge in [-0.2, -0.15) is 5.10 Å². The van der Waals surface area contributed by atoms with Crippen LogP contribution in [0.3, 0.4) is 0 Å². The highest BCUT2D eigenvalue weighted by molar-refractivity contribution is 6.31. The number of rotatable bonds is 3. The molecule has 7 heteroatoms. The smallest absolute Gasteiger partial charge is 0.262 e. The zero-order valence-electron chi connectivity index (χ0n) is 13.4. The molecule has 6 nitrogen and oxygen atoms in total. The van der Waals surface area contributed by atoms with E-state index in [2.05, 4.69) is 26.0 Å². The van der Waals surface area contributed by atoms with E-state index in [-0.39, 0.29) is 11.6 Å². The highest BCUT2D eigenvalue weighted by Gasteiger charge is 2.28. The van der Waals surface area contributed by atoms with Crippen molar-refractivity contribution in [2.75, 3.05) is 6.54 Å². The summed E-state index contributed by atoms with van der Waals surface area (Å²) in [6.07, 6.45) is 3.71. The van der Waals surface area contributed by atoms with Gasteiger partial charge in [0.25, 0.3) is 5.56 Å². The van der Waals surface area contributed by atoms with Crippen LogP contribution in [0.1, 0.15) is 30.3 Å². The second-order valence-electron chi connectivity index (χ2n) is 6.17. The molecule has 1 aliphatic heterocycles. The maximum atomic E-state index is 12.2. The topological polar surface area (TPSA) is 66.8 Å². The molecule has 1 saturated heterocycles. The maximum Gasteiger partial charge on any atom is 0.262 e. The minimum absolute atomic E-state index is 0.142. The average molecular weight is 344 g/mol. The van der Waals surface area contributed by atoms with E-state index in [0.29, 0.717) is 23.4 Å². The summed E-state index contributed by atoms with van der Waals surface area (Å²) in [5.74, 6) is 0.662. The predicted octanol–water partition coefficient (Wildman–Crippen LogP) is 2.65. The second-order valence-corrected chi connectivity index (χ2v) is 6.58. The number of aromatic nitrogens is 4. The first-order chi connectivity index (χ1) is 11.6. The van der Waals surface area contributed by atoms with E-state index < -0.39 is 0 Å². The van der Waals surface area contributed by atoms with Gasteiger partial charge in [-0.1, -0.05) is 29.8 Å². The lowest BCUT2D eigenvalue weighted by Gasteiger charge is -2.25. The zero-order valence-corrected chi connectivity index (χ0v) is 14.1. The molecule has 0 unspecified atom stereocenters. The first-order valence-corrected chi connectivity index (χ1v) is 8.40. The lowest BCUT2D eigenvalue weighted by molar-refractivity contribution is 0.242. The molecule has 1 N–H and O–H groups in total. The summed E-state index contributed by atoms with van der Waals surface area (Å²) in [4.78, 5) is 22.0. The summed E-state index contributed by atoms with van der Waals surface area (Å²) in [6, 6.07) is 8.22. The number of halogens is 1. The van der Waals surface area contributed by atoms with Crippen molar-refractivity contribution in [1.82, 2.24) is 24.6 Å². The number of nitrogens with one attached hydrogen (secondary N) is 1. The number of likely N-dealkylation sites (tertiary alicyclic amines) is 1. The van der Waals surface area contributed by atoms with Crippen LogP contribution in [0.15, 0.2) is 35.3 Å². The lowest BCUT2D eigenvalue weighted by Crippen LogP contribution is -2.26. The summed E-state index contributed by atoms with van der Waals surface area (Å²) in [7, 11) is 1.79. The van der Waals surface area contributed by atoms with Gasteiger partial charge in [0.1, 0.15) is 11.2 Å². The SMILES string of the molecule is Cn1ncc2c(=O)[nH]c(CN3CCC[C@H]3c3ccccc3Cl)nc21. The van der Waals surface area contributed by atoms with Crippen LogP contribution < -0.4 is 5.56 Å². The number of hydrogen-bond donors (Lipinski definition) is 1. The van der Waals surface area contributed by atoms with E-state index in [0.717, 1.165) is 30.0 Å². The van der Waals surface area contributed by atoms with Crippen LogP contribution in [0, 0.1) is 0 Å².